The molecular weight excluding hydrogens is 180 g/mol. The zero-order valence-electron chi connectivity index (χ0n) is 8.41. The van der Waals surface area contributed by atoms with Gasteiger partial charge in [0, 0.05) is 12.8 Å². The van der Waals surface area contributed by atoms with Crippen LogP contribution in [0.1, 0.15) is 11.4 Å². The molecule has 0 radical (unpaired) electrons. The number of nitrogens with zero attached hydrogens (tertiary/aromatic N) is 1. The Balaban J connectivity index is 2.41. The van der Waals surface area contributed by atoms with Gasteiger partial charge in [0.2, 0.25) is 5.91 Å². The van der Waals surface area contributed by atoms with Gasteiger partial charge in [-0.1, -0.05) is 6.07 Å². The van der Waals surface area contributed by atoms with Crippen LogP contribution < -0.4 is 5.32 Å². The zero-order valence-corrected chi connectivity index (χ0v) is 8.41. The summed E-state index contributed by atoms with van der Waals surface area (Å²) in [6.45, 7) is 2.45. The number of aromatic nitrogens is 1. The van der Waals surface area contributed by atoms with Gasteiger partial charge in [-0.3, -0.25) is 9.78 Å². The molecule has 0 unspecified atom stereocenters. The zero-order chi connectivity index (χ0) is 10.4. The standard InChI is InChI=1S/C10H14N2O2/c1-8-4-3-5-9(12-8)6-11-10(13)7-14-2/h3-5H,6-7H2,1-2H3,(H,11,13). The number of carbonyl (C=O) groups excluding carboxylic acids is 1. The summed E-state index contributed by atoms with van der Waals surface area (Å²) in [7, 11) is 1.49. The first-order chi connectivity index (χ1) is 6.72. The minimum absolute atomic E-state index is 0.0891. The second kappa shape index (κ2) is 5.34. The lowest BCUT2D eigenvalue weighted by molar-refractivity contribution is -0.124. The molecule has 0 saturated carbocycles. The number of amides is 1. The van der Waals surface area contributed by atoms with Crippen molar-refractivity contribution in [2.45, 2.75) is 13.5 Å². The summed E-state index contributed by atoms with van der Waals surface area (Å²) in [6, 6.07) is 5.71. The normalized spacial score (nSPS) is 9.86. The number of rotatable bonds is 4. The van der Waals surface area contributed by atoms with Gasteiger partial charge < -0.3 is 10.1 Å². The SMILES string of the molecule is COCC(=O)NCc1cccc(C)n1. The highest BCUT2D eigenvalue weighted by Gasteiger charge is 2.00. The summed E-state index contributed by atoms with van der Waals surface area (Å²) in [5.74, 6) is -0.129. The molecule has 0 aromatic carbocycles. The van der Waals surface area contributed by atoms with E-state index < -0.39 is 0 Å². The number of ether oxygens (including phenoxy) is 1. The Kier molecular flexibility index (Phi) is 4.07. The average Bonchev–Trinajstić information content (AvgIpc) is 2.15. The second-order valence-electron chi connectivity index (χ2n) is 2.98. The summed E-state index contributed by atoms with van der Waals surface area (Å²) >= 11 is 0. The Morgan fingerprint density at radius 1 is 1.57 bits per heavy atom. The molecule has 14 heavy (non-hydrogen) atoms. The van der Waals surface area contributed by atoms with Crippen LogP contribution in [0.3, 0.4) is 0 Å². The van der Waals surface area contributed by atoms with E-state index in [1.54, 1.807) is 0 Å². The topological polar surface area (TPSA) is 51.2 Å². The first kappa shape index (κ1) is 10.7. The summed E-state index contributed by atoms with van der Waals surface area (Å²) < 4.78 is 4.68. The molecule has 4 heteroatoms. The van der Waals surface area contributed by atoms with E-state index in [4.69, 9.17) is 0 Å². The van der Waals surface area contributed by atoms with Crippen LogP contribution in [-0.4, -0.2) is 24.6 Å². The molecule has 0 bridgehead atoms. The van der Waals surface area contributed by atoms with Gasteiger partial charge in [-0.2, -0.15) is 0 Å². The molecule has 0 aliphatic rings. The number of hydrogen-bond donors (Lipinski definition) is 1. The highest BCUT2D eigenvalue weighted by Crippen LogP contribution is 1.96. The van der Waals surface area contributed by atoms with Gasteiger partial charge >= 0.3 is 0 Å². The van der Waals surface area contributed by atoms with Crippen LogP contribution in [0.4, 0.5) is 0 Å². The molecule has 0 aliphatic carbocycles. The predicted molar refractivity (Wildman–Crippen MR) is 52.7 cm³/mol. The molecule has 0 atom stereocenters. The van der Waals surface area contributed by atoms with Crippen molar-refractivity contribution in [1.29, 1.82) is 0 Å². The van der Waals surface area contributed by atoms with Crippen molar-refractivity contribution in [2.24, 2.45) is 0 Å². The molecular formula is C10H14N2O2. The van der Waals surface area contributed by atoms with E-state index in [1.807, 2.05) is 25.1 Å². The van der Waals surface area contributed by atoms with Crippen LogP contribution in [-0.2, 0) is 16.1 Å². The van der Waals surface area contributed by atoms with Gasteiger partial charge in [-0.25, -0.2) is 0 Å². The first-order valence-electron chi connectivity index (χ1n) is 4.40. The lowest BCUT2D eigenvalue weighted by Crippen LogP contribution is -2.26. The van der Waals surface area contributed by atoms with Crippen LogP contribution in [0.5, 0.6) is 0 Å². The third kappa shape index (κ3) is 3.53. The minimum atomic E-state index is -0.129. The fraction of sp³-hybridized carbons (Fsp3) is 0.400. The summed E-state index contributed by atoms with van der Waals surface area (Å²) in [5, 5.41) is 2.70. The molecule has 1 rings (SSSR count). The molecule has 1 aromatic rings. The van der Waals surface area contributed by atoms with Crippen LogP contribution in [0.15, 0.2) is 18.2 Å². The molecule has 76 valence electrons. The number of nitrogens with one attached hydrogen (secondary N) is 1. The van der Waals surface area contributed by atoms with Crippen molar-refractivity contribution in [1.82, 2.24) is 10.3 Å². The van der Waals surface area contributed by atoms with Crippen LogP contribution in [0.25, 0.3) is 0 Å². The molecule has 1 N–H and O–H groups in total. The van der Waals surface area contributed by atoms with E-state index in [0.29, 0.717) is 6.54 Å². The third-order valence-corrected chi connectivity index (χ3v) is 1.69. The van der Waals surface area contributed by atoms with Crippen molar-refractivity contribution in [3.8, 4) is 0 Å². The molecule has 1 heterocycles. The molecule has 0 fully saturated rings. The van der Waals surface area contributed by atoms with E-state index in [1.165, 1.54) is 7.11 Å². The van der Waals surface area contributed by atoms with Crippen molar-refractivity contribution in [2.75, 3.05) is 13.7 Å². The maximum absolute atomic E-state index is 11.0. The average molecular weight is 194 g/mol. The number of hydrogen-bond acceptors (Lipinski definition) is 3. The Bertz CT molecular complexity index is 313. The van der Waals surface area contributed by atoms with Gasteiger partial charge in [0.25, 0.3) is 0 Å². The molecule has 0 saturated heterocycles. The lowest BCUT2D eigenvalue weighted by atomic mass is 10.3. The van der Waals surface area contributed by atoms with Gasteiger partial charge in [0.05, 0.1) is 12.2 Å². The molecule has 0 aliphatic heterocycles. The Labute approximate surface area is 83.3 Å². The smallest absolute Gasteiger partial charge is 0.246 e. The molecule has 4 nitrogen and oxygen atoms in total. The van der Waals surface area contributed by atoms with Gasteiger partial charge in [-0.05, 0) is 19.1 Å². The van der Waals surface area contributed by atoms with Crippen molar-refractivity contribution >= 4 is 5.91 Å². The third-order valence-electron chi connectivity index (χ3n) is 1.69. The monoisotopic (exact) mass is 194 g/mol. The Morgan fingerprint density at radius 2 is 2.36 bits per heavy atom. The maximum atomic E-state index is 11.0. The van der Waals surface area contributed by atoms with E-state index in [2.05, 4.69) is 15.0 Å². The first-order valence-corrected chi connectivity index (χ1v) is 4.40. The lowest BCUT2D eigenvalue weighted by Gasteiger charge is -2.04. The van der Waals surface area contributed by atoms with E-state index in [9.17, 15) is 4.79 Å². The Hall–Kier alpha value is -1.42. The van der Waals surface area contributed by atoms with Crippen molar-refractivity contribution in [3.05, 3.63) is 29.6 Å². The number of pyridine rings is 1. The van der Waals surface area contributed by atoms with Crippen LogP contribution in [0.2, 0.25) is 0 Å². The van der Waals surface area contributed by atoms with Crippen LogP contribution in [0, 0.1) is 6.92 Å². The predicted octanol–water partition coefficient (Wildman–Crippen LogP) is 0.653. The summed E-state index contributed by atoms with van der Waals surface area (Å²) in [5.41, 5.74) is 1.80. The Morgan fingerprint density at radius 3 is 3.00 bits per heavy atom. The number of methoxy groups -OCH3 is 1. The van der Waals surface area contributed by atoms with Crippen LogP contribution >= 0.6 is 0 Å². The van der Waals surface area contributed by atoms with E-state index >= 15 is 0 Å². The van der Waals surface area contributed by atoms with Crippen molar-refractivity contribution < 1.29 is 9.53 Å². The van der Waals surface area contributed by atoms with E-state index in [0.717, 1.165) is 11.4 Å². The summed E-state index contributed by atoms with van der Waals surface area (Å²) in [6.07, 6.45) is 0. The van der Waals surface area contributed by atoms with Gasteiger partial charge in [0.15, 0.2) is 0 Å². The largest absolute Gasteiger partial charge is 0.375 e. The van der Waals surface area contributed by atoms with Crippen molar-refractivity contribution in [3.63, 3.8) is 0 Å². The van der Waals surface area contributed by atoms with Gasteiger partial charge in [0.1, 0.15) is 6.61 Å². The fourth-order valence-electron chi connectivity index (χ4n) is 1.07. The fourth-order valence-corrected chi connectivity index (χ4v) is 1.07. The van der Waals surface area contributed by atoms with Gasteiger partial charge in [-0.15, -0.1) is 0 Å². The summed E-state index contributed by atoms with van der Waals surface area (Å²) in [4.78, 5) is 15.3. The highest BCUT2D eigenvalue weighted by atomic mass is 16.5. The maximum Gasteiger partial charge on any atom is 0.246 e. The molecule has 0 spiro atoms. The molecule has 1 aromatic heterocycles. The van der Waals surface area contributed by atoms with E-state index in [-0.39, 0.29) is 12.5 Å². The highest BCUT2D eigenvalue weighted by molar-refractivity contribution is 5.77. The minimum Gasteiger partial charge on any atom is -0.375 e. The molecule has 1 amide bonds. The quantitative estimate of drug-likeness (QED) is 0.765. The number of aryl methyl sites for hydroxylation is 1. The second-order valence-corrected chi connectivity index (χ2v) is 2.98. The number of carbonyl (C=O) groups is 1.